The van der Waals surface area contributed by atoms with Crippen molar-refractivity contribution in [3.05, 3.63) is 53.5 Å². The minimum absolute atomic E-state index is 0.0662. The van der Waals surface area contributed by atoms with E-state index in [2.05, 4.69) is 27.5 Å². The van der Waals surface area contributed by atoms with Crippen molar-refractivity contribution in [2.75, 3.05) is 6.54 Å². The van der Waals surface area contributed by atoms with E-state index in [9.17, 15) is 9.59 Å². The van der Waals surface area contributed by atoms with E-state index < -0.39 is 0 Å². The fraction of sp³-hybridized carbons (Fsp3) is 0.409. The molecule has 7 heteroatoms. The molecule has 0 atom stereocenters. The van der Waals surface area contributed by atoms with Crippen LogP contribution in [-0.2, 0) is 24.3 Å². The lowest BCUT2D eigenvalue weighted by Crippen LogP contribution is -2.38. The van der Waals surface area contributed by atoms with Crippen molar-refractivity contribution in [3.8, 4) is 0 Å². The summed E-state index contributed by atoms with van der Waals surface area (Å²) in [6.45, 7) is 5.60. The van der Waals surface area contributed by atoms with Crippen LogP contribution in [0.1, 0.15) is 48.4 Å². The molecule has 1 aliphatic rings. The van der Waals surface area contributed by atoms with Gasteiger partial charge in [0.25, 0.3) is 5.91 Å². The molecule has 2 N–H and O–H groups in total. The van der Waals surface area contributed by atoms with Crippen molar-refractivity contribution in [2.45, 2.75) is 52.2 Å². The number of hydrogen-bond acceptors (Lipinski definition) is 3. The van der Waals surface area contributed by atoms with E-state index >= 15 is 0 Å². The number of amides is 2. The Morgan fingerprint density at radius 2 is 2.07 bits per heavy atom. The van der Waals surface area contributed by atoms with Crippen molar-refractivity contribution in [1.82, 2.24) is 25.0 Å². The van der Waals surface area contributed by atoms with E-state index in [-0.39, 0.29) is 17.9 Å². The van der Waals surface area contributed by atoms with E-state index in [1.54, 1.807) is 6.07 Å². The standard InChI is InChI=1S/C22H27N5O2/c1-15(2)24-22(29)20-12-17-14-26(10-11-27(17)25-20)21(28)9-5-6-16-13-23-19-8-4-3-7-18(16)19/h3-4,7-8,12-13,15,23H,5-6,9-11,14H2,1-2H3,(H,24,29). The summed E-state index contributed by atoms with van der Waals surface area (Å²) in [7, 11) is 0. The molecule has 0 saturated carbocycles. The minimum atomic E-state index is -0.168. The van der Waals surface area contributed by atoms with Crippen LogP contribution in [0.5, 0.6) is 0 Å². The first-order valence-electron chi connectivity index (χ1n) is 10.2. The minimum Gasteiger partial charge on any atom is -0.361 e. The predicted octanol–water partition coefficient (Wildman–Crippen LogP) is 2.87. The highest BCUT2D eigenvalue weighted by atomic mass is 16.2. The first-order valence-corrected chi connectivity index (χ1v) is 10.2. The van der Waals surface area contributed by atoms with Crippen LogP contribution in [0.25, 0.3) is 10.9 Å². The smallest absolute Gasteiger partial charge is 0.271 e. The molecule has 1 aliphatic heterocycles. The van der Waals surface area contributed by atoms with Gasteiger partial charge in [0.05, 0.1) is 18.8 Å². The Bertz CT molecular complexity index is 1030. The van der Waals surface area contributed by atoms with Crippen molar-refractivity contribution in [2.24, 2.45) is 0 Å². The number of rotatable bonds is 6. The predicted molar refractivity (Wildman–Crippen MR) is 111 cm³/mol. The Hall–Kier alpha value is -3.09. The fourth-order valence-corrected chi connectivity index (χ4v) is 3.85. The Morgan fingerprint density at radius 1 is 1.24 bits per heavy atom. The molecule has 2 aromatic heterocycles. The van der Waals surface area contributed by atoms with Gasteiger partial charge in [0, 0.05) is 36.1 Å². The van der Waals surface area contributed by atoms with Gasteiger partial charge in [0.15, 0.2) is 5.69 Å². The lowest BCUT2D eigenvalue weighted by atomic mass is 10.1. The quantitative estimate of drug-likeness (QED) is 0.676. The van der Waals surface area contributed by atoms with Gasteiger partial charge in [0.2, 0.25) is 5.91 Å². The van der Waals surface area contributed by atoms with Crippen LogP contribution in [-0.4, -0.2) is 44.1 Å². The maximum Gasteiger partial charge on any atom is 0.271 e. The van der Waals surface area contributed by atoms with Crippen LogP contribution in [0.2, 0.25) is 0 Å². The molecule has 4 rings (SSSR count). The molecule has 0 unspecified atom stereocenters. The van der Waals surface area contributed by atoms with Gasteiger partial charge in [0.1, 0.15) is 0 Å². The molecule has 0 saturated heterocycles. The van der Waals surface area contributed by atoms with Crippen molar-refractivity contribution >= 4 is 22.7 Å². The Balaban J connectivity index is 1.32. The van der Waals surface area contributed by atoms with Crippen LogP contribution >= 0.6 is 0 Å². The maximum atomic E-state index is 12.7. The Kier molecular flexibility index (Phi) is 5.38. The summed E-state index contributed by atoms with van der Waals surface area (Å²) in [6, 6.07) is 10.1. The van der Waals surface area contributed by atoms with Gasteiger partial charge < -0.3 is 15.2 Å². The van der Waals surface area contributed by atoms with Gasteiger partial charge in [-0.15, -0.1) is 0 Å². The zero-order valence-corrected chi connectivity index (χ0v) is 16.9. The van der Waals surface area contributed by atoms with Gasteiger partial charge in [-0.25, -0.2) is 0 Å². The Morgan fingerprint density at radius 3 is 2.90 bits per heavy atom. The fourth-order valence-electron chi connectivity index (χ4n) is 3.85. The number of fused-ring (bicyclic) bond motifs is 2. The zero-order chi connectivity index (χ0) is 20.4. The number of H-pyrrole nitrogens is 1. The van der Waals surface area contributed by atoms with Crippen LogP contribution in [0.3, 0.4) is 0 Å². The van der Waals surface area contributed by atoms with Gasteiger partial charge in [-0.3, -0.25) is 14.3 Å². The molecular formula is C22H27N5O2. The second-order valence-corrected chi connectivity index (χ2v) is 7.90. The van der Waals surface area contributed by atoms with E-state index in [1.807, 2.05) is 41.8 Å². The van der Waals surface area contributed by atoms with Crippen LogP contribution in [0, 0.1) is 0 Å². The molecule has 2 amide bonds. The average molecular weight is 393 g/mol. The third-order valence-electron chi connectivity index (χ3n) is 5.31. The number of benzene rings is 1. The second-order valence-electron chi connectivity index (χ2n) is 7.90. The zero-order valence-electron chi connectivity index (χ0n) is 16.9. The largest absolute Gasteiger partial charge is 0.361 e. The molecule has 1 aromatic carbocycles. The lowest BCUT2D eigenvalue weighted by molar-refractivity contribution is -0.132. The molecular weight excluding hydrogens is 366 g/mol. The summed E-state index contributed by atoms with van der Waals surface area (Å²) in [4.78, 5) is 30.0. The van der Waals surface area contributed by atoms with Gasteiger partial charge in [-0.05, 0) is 44.4 Å². The Labute approximate surface area is 170 Å². The van der Waals surface area contributed by atoms with Crippen molar-refractivity contribution in [3.63, 3.8) is 0 Å². The SMILES string of the molecule is CC(C)NC(=O)c1cc2n(n1)CCN(C(=O)CCCc1c[nH]c3ccccc13)C2. The molecule has 3 aromatic rings. The van der Waals surface area contributed by atoms with Crippen molar-refractivity contribution in [1.29, 1.82) is 0 Å². The number of carbonyl (C=O) groups excluding carboxylic acids is 2. The lowest BCUT2D eigenvalue weighted by Gasteiger charge is -2.27. The summed E-state index contributed by atoms with van der Waals surface area (Å²) in [6.07, 6.45) is 4.26. The van der Waals surface area contributed by atoms with Crippen molar-refractivity contribution < 1.29 is 9.59 Å². The number of para-hydroxylation sites is 1. The highest BCUT2D eigenvalue weighted by molar-refractivity contribution is 5.92. The second kappa shape index (κ2) is 8.11. The molecule has 0 bridgehead atoms. The normalized spacial score (nSPS) is 13.7. The molecule has 0 aliphatic carbocycles. The highest BCUT2D eigenvalue weighted by Crippen LogP contribution is 2.20. The molecule has 152 valence electrons. The summed E-state index contributed by atoms with van der Waals surface area (Å²) in [5.74, 6) is -0.0102. The molecule has 7 nitrogen and oxygen atoms in total. The number of nitrogens with zero attached hydrogens (tertiary/aromatic N) is 3. The number of carbonyl (C=O) groups is 2. The van der Waals surface area contributed by atoms with Crippen LogP contribution in [0.15, 0.2) is 36.5 Å². The summed E-state index contributed by atoms with van der Waals surface area (Å²) >= 11 is 0. The van der Waals surface area contributed by atoms with E-state index in [4.69, 9.17) is 0 Å². The topological polar surface area (TPSA) is 83.0 Å². The monoisotopic (exact) mass is 393 g/mol. The molecule has 3 heterocycles. The molecule has 0 fully saturated rings. The van der Waals surface area contributed by atoms with Crippen LogP contribution in [0.4, 0.5) is 0 Å². The first-order chi connectivity index (χ1) is 14.0. The van der Waals surface area contributed by atoms with E-state index in [1.165, 1.54) is 10.9 Å². The summed E-state index contributed by atoms with van der Waals surface area (Å²) in [5, 5.41) is 8.47. The molecule has 0 radical (unpaired) electrons. The van der Waals surface area contributed by atoms with E-state index in [0.29, 0.717) is 31.7 Å². The number of nitrogens with one attached hydrogen (secondary N) is 2. The van der Waals surface area contributed by atoms with Crippen LogP contribution < -0.4 is 5.32 Å². The van der Waals surface area contributed by atoms with Gasteiger partial charge in [-0.2, -0.15) is 5.10 Å². The summed E-state index contributed by atoms with van der Waals surface area (Å²) in [5.41, 5.74) is 3.72. The van der Waals surface area contributed by atoms with E-state index in [0.717, 1.165) is 24.1 Å². The highest BCUT2D eigenvalue weighted by Gasteiger charge is 2.24. The first kappa shape index (κ1) is 19.2. The number of aromatic amines is 1. The van der Waals surface area contributed by atoms with Gasteiger partial charge >= 0.3 is 0 Å². The number of aromatic nitrogens is 3. The van der Waals surface area contributed by atoms with Gasteiger partial charge in [-0.1, -0.05) is 18.2 Å². The molecule has 29 heavy (non-hydrogen) atoms. The third kappa shape index (κ3) is 4.18. The summed E-state index contributed by atoms with van der Waals surface area (Å²) < 4.78 is 1.84. The number of aryl methyl sites for hydroxylation is 1. The maximum absolute atomic E-state index is 12.7. The third-order valence-corrected chi connectivity index (χ3v) is 5.31. The molecule has 0 spiro atoms. The average Bonchev–Trinajstić information content (AvgIpc) is 3.31. The number of hydrogen-bond donors (Lipinski definition) is 2.